The predicted molar refractivity (Wildman–Crippen MR) is 123 cm³/mol. The molecule has 3 rings (SSSR count). The molecule has 1 saturated heterocycles. The van der Waals surface area contributed by atoms with Crippen molar-refractivity contribution in [1.82, 2.24) is 20.2 Å². The largest absolute Gasteiger partial charge is 0.408 e. The number of hydrogen-bond donors (Lipinski definition) is 3. The Morgan fingerprint density at radius 3 is 2.62 bits per heavy atom. The molecule has 0 spiro atoms. The van der Waals surface area contributed by atoms with Crippen molar-refractivity contribution < 1.29 is 27.9 Å². The number of hydrogen-bond acceptors (Lipinski definition) is 7. The molecule has 12 heteroatoms. The maximum Gasteiger partial charge on any atom is 0.408 e. The molecular weight excluding hydrogens is 471 g/mol. The van der Waals surface area contributed by atoms with Crippen molar-refractivity contribution in [3.8, 4) is 10.4 Å². The quantitative estimate of drug-likeness (QED) is 0.537. The SMILES string of the molecule is Cc1cc(N[C@@H](C)C(F)(F)F)ncc1-c1sc(C(=O)N[C@H](C)CO)nc1C(=O)N1CCC[C@@H]1C. The first-order valence-corrected chi connectivity index (χ1v) is 11.8. The monoisotopic (exact) mass is 499 g/mol. The number of aryl methyl sites for hydroxylation is 1. The van der Waals surface area contributed by atoms with Gasteiger partial charge in [0.15, 0.2) is 5.01 Å². The number of aliphatic hydroxyl groups excluding tert-OH is 1. The third kappa shape index (κ3) is 5.66. The first-order chi connectivity index (χ1) is 15.9. The summed E-state index contributed by atoms with van der Waals surface area (Å²) in [5.41, 5.74) is 1.19. The summed E-state index contributed by atoms with van der Waals surface area (Å²) in [5.74, 6) is -0.784. The fourth-order valence-corrected chi connectivity index (χ4v) is 4.66. The Hall–Kier alpha value is -2.73. The summed E-state index contributed by atoms with van der Waals surface area (Å²) in [6.45, 7) is 6.60. The van der Waals surface area contributed by atoms with E-state index in [1.165, 1.54) is 12.3 Å². The highest BCUT2D eigenvalue weighted by atomic mass is 32.1. The molecule has 34 heavy (non-hydrogen) atoms. The molecule has 0 bridgehead atoms. The number of alkyl halides is 3. The summed E-state index contributed by atoms with van der Waals surface area (Å²) in [6.07, 6.45) is -1.31. The number of amides is 2. The average molecular weight is 500 g/mol. The number of aliphatic hydroxyl groups is 1. The minimum Gasteiger partial charge on any atom is -0.394 e. The van der Waals surface area contributed by atoms with E-state index in [4.69, 9.17) is 0 Å². The lowest BCUT2D eigenvalue weighted by atomic mass is 10.1. The van der Waals surface area contributed by atoms with Gasteiger partial charge in [-0.05, 0) is 52.2 Å². The Kier molecular flexibility index (Phi) is 7.81. The Morgan fingerprint density at radius 2 is 2.06 bits per heavy atom. The molecule has 3 N–H and O–H groups in total. The topological polar surface area (TPSA) is 107 Å². The minimum absolute atomic E-state index is 0.0309. The van der Waals surface area contributed by atoms with Gasteiger partial charge >= 0.3 is 6.18 Å². The first kappa shape index (κ1) is 25.9. The number of carbonyl (C=O) groups is 2. The fourth-order valence-electron chi connectivity index (χ4n) is 3.62. The summed E-state index contributed by atoms with van der Waals surface area (Å²) in [4.78, 5) is 36.6. The Bertz CT molecular complexity index is 1060. The lowest BCUT2D eigenvalue weighted by Crippen LogP contribution is -2.35. The Balaban J connectivity index is 2.00. The average Bonchev–Trinajstić information content (AvgIpc) is 3.39. The van der Waals surface area contributed by atoms with E-state index < -0.39 is 24.2 Å². The van der Waals surface area contributed by atoms with Gasteiger partial charge in [-0.3, -0.25) is 9.59 Å². The van der Waals surface area contributed by atoms with E-state index in [9.17, 15) is 27.9 Å². The zero-order valence-electron chi connectivity index (χ0n) is 19.4. The number of carbonyl (C=O) groups excluding carboxylic acids is 2. The van der Waals surface area contributed by atoms with Crippen LogP contribution < -0.4 is 10.6 Å². The number of halogens is 3. The molecule has 1 aliphatic rings. The van der Waals surface area contributed by atoms with Crippen molar-refractivity contribution >= 4 is 29.0 Å². The molecule has 2 aromatic heterocycles. The number of nitrogens with zero attached hydrogens (tertiary/aromatic N) is 3. The van der Waals surface area contributed by atoms with Crippen molar-refractivity contribution in [3.63, 3.8) is 0 Å². The summed E-state index contributed by atoms with van der Waals surface area (Å²) in [7, 11) is 0. The molecule has 0 saturated carbocycles. The molecule has 1 fully saturated rings. The number of rotatable bonds is 7. The zero-order valence-corrected chi connectivity index (χ0v) is 20.2. The fraction of sp³-hybridized carbons (Fsp3) is 0.545. The van der Waals surface area contributed by atoms with E-state index >= 15 is 0 Å². The highest BCUT2D eigenvalue weighted by Gasteiger charge is 2.36. The number of pyridine rings is 1. The van der Waals surface area contributed by atoms with E-state index in [1.807, 2.05) is 6.92 Å². The molecule has 0 radical (unpaired) electrons. The van der Waals surface area contributed by atoms with Gasteiger partial charge in [0.1, 0.15) is 17.6 Å². The summed E-state index contributed by atoms with van der Waals surface area (Å²) in [6, 6.07) is -0.783. The second-order valence-corrected chi connectivity index (χ2v) is 9.53. The predicted octanol–water partition coefficient (Wildman–Crippen LogP) is 3.61. The molecule has 0 unspecified atom stereocenters. The van der Waals surface area contributed by atoms with Gasteiger partial charge in [-0.25, -0.2) is 9.97 Å². The van der Waals surface area contributed by atoms with Gasteiger partial charge in [0.05, 0.1) is 11.5 Å². The van der Waals surface area contributed by atoms with Crippen molar-refractivity contribution in [1.29, 1.82) is 0 Å². The van der Waals surface area contributed by atoms with Crippen LogP contribution >= 0.6 is 11.3 Å². The minimum atomic E-state index is -4.42. The molecule has 2 aromatic rings. The zero-order chi connectivity index (χ0) is 25.2. The summed E-state index contributed by atoms with van der Waals surface area (Å²) in [5, 5.41) is 14.2. The van der Waals surface area contributed by atoms with Crippen LogP contribution in [0.3, 0.4) is 0 Å². The van der Waals surface area contributed by atoms with Crippen molar-refractivity contribution in [2.45, 2.75) is 64.8 Å². The third-order valence-electron chi connectivity index (χ3n) is 5.70. The van der Waals surface area contributed by atoms with Crippen molar-refractivity contribution in [3.05, 3.63) is 28.5 Å². The third-order valence-corrected chi connectivity index (χ3v) is 6.79. The van der Waals surface area contributed by atoms with Crippen molar-refractivity contribution in [2.75, 3.05) is 18.5 Å². The smallest absolute Gasteiger partial charge is 0.394 e. The lowest BCUT2D eigenvalue weighted by molar-refractivity contribution is -0.138. The van der Waals surface area contributed by atoms with Gasteiger partial charge in [-0.15, -0.1) is 11.3 Å². The number of thiazole rings is 1. The highest BCUT2D eigenvalue weighted by molar-refractivity contribution is 7.17. The molecule has 186 valence electrons. The molecule has 8 nitrogen and oxygen atoms in total. The van der Waals surface area contributed by atoms with Crippen LogP contribution in [-0.2, 0) is 0 Å². The summed E-state index contributed by atoms with van der Waals surface area (Å²) >= 11 is 1.01. The van der Waals surface area contributed by atoms with Crippen LogP contribution in [0.1, 0.15) is 59.5 Å². The van der Waals surface area contributed by atoms with Gasteiger partial charge in [-0.2, -0.15) is 13.2 Å². The van der Waals surface area contributed by atoms with Gasteiger partial charge < -0.3 is 20.6 Å². The normalized spacial score (nSPS) is 18.0. The first-order valence-electron chi connectivity index (χ1n) is 11.0. The van der Waals surface area contributed by atoms with Crippen LogP contribution in [0.15, 0.2) is 12.3 Å². The molecule has 0 aliphatic carbocycles. The number of anilines is 1. The van der Waals surface area contributed by atoms with E-state index in [0.29, 0.717) is 22.5 Å². The van der Waals surface area contributed by atoms with Gasteiger partial charge in [-0.1, -0.05) is 0 Å². The second kappa shape index (κ2) is 10.3. The molecule has 1 aliphatic heterocycles. The highest BCUT2D eigenvalue weighted by Crippen LogP contribution is 2.35. The lowest BCUT2D eigenvalue weighted by Gasteiger charge is -2.21. The molecule has 0 aromatic carbocycles. The standard InChI is InChI=1S/C22H28F3N5O3S/c1-11-8-16(28-14(4)22(23,24)25)26-9-15(11)18-17(21(33)30-7-5-6-13(30)3)29-20(34-18)19(32)27-12(2)10-31/h8-9,12-14,31H,5-7,10H2,1-4H3,(H,26,28)(H,27,32)/t12-,13+,14+/m1/s1. The molecule has 2 amide bonds. The van der Waals surface area contributed by atoms with E-state index in [1.54, 1.807) is 18.7 Å². The maximum absolute atomic E-state index is 13.3. The van der Waals surface area contributed by atoms with E-state index in [0.717, 1.165) is 31.1 Å². The van der Waals surface area contributed by atoms with E-state index in [2.05, 4.69) is 20.6 Å². The molecule has 3 atom stereocenters. The van der Waals surface area contributed by atoms with E-state index in [-0.39, 0.29) is 35.1 Å². The van der Waals surface area contributed by atoms with Crippen LogP contribution in [0.4, 0.5) is 19.0 Å². The number of nitrogens with one attached hydrogen (secondary N) is 2. The van der Waals surface area contributed by atoms with Crippen molar-refractivity contribution in [2.24, 2.45) is 0 Å². The van der Waals surface area contributed by atoms with Gasteiger partial charge in [0, 0.05) is 30.4 Å². The van der Waals surface area contributed by atoms with Crippen LogP contribution in [-0.4, -0.2) is 69.2 Å². The molecular formula is C22H28F3N5O3S. The van der Waals surface area contributed by atoms with Crippen LogP contribution in [0.5, 0.6) is 0 Å². The van der Waals surface area contributed by atoms with Crippen LogP contribution in [0.2, 0.25) is 0 Å². The van der Waals surface area contributed by atoms with Gasteiger partial charge in [0.25, 0.3) is 11.8 Å². The second-order valence-electron chi connectivity index (χ2n) is 8.54. The maximum atomic E-state index is 13.3. The Labute approximate surface area is 199 Å². The Morgan fingerprint density at radius 1 is 1.35 bits per heavy atom. The van der Waals surface area contributed by atoms with Crippen LogP contribution in [0.25, 0.3) is 10.4 Å². The molecule has 3 heterocycles. The number of likely N-dealkylation sites (tertiary alicyclic amines) is 1. The summed E-state index contributed by atoms with van der Waals surface area (Å²) < 4.78 is 38.7. The van der Waals surface area contributed by atoms with Gasteiger partial charge in [0.2, 0.25) is 0 Å². The van der Waals surface area contributed by atoms with Crippen LogP contribution in [0, 0.1) is 6.92 Å². The number of aromatic nitrogens is 2.